The molecule has 0 aromatic carbocycles. The lowest BCUT2D eigenvalue weighted by Gasteiger charge is -1.95. The zero-order valence-electron chi connectivity index (χ0n) is 5.63. The van der Waals surface area contributed by atoms with Crippen molar-refractivity contribution in [2.75, 3.05) is 0 Å². The predicted molar refractivity (Wildman–Crippen MR) is 43.0 cm³/mol. The van der Waals surface area contributed by atoms with Crippen LogP contribution in [-0.2, 0) is 0 Å². The van der Waals surface area contributed by atoms with E-state index in [1.54, 1.807) is 0 Å². The van der Waals surface area contributed by atoms with Gasteiger partial charge in [-0.2, -0.15) is 4.39 Å². The third-order valence-corrected chi connectivity index (χ3v) is 1.81. The molecule has 0 spiro atoms. The minimum absolute atomic E-state index is 0.0893. The van der Waals surface area contributed by atoms with Crippen LogP contribution >= 0.6 is 23.2 Å². The van der Waals surface area contributed by atoms with Gasteiger partial charge in [0.15, 0.2) is 10.8 Å². The first-order chi connectivity index (χ1) is 5.68. The summed E-state index contributed by atoms with van der Waals surface area (Å²) in [7, 11) is 0. The molecule has 3 nitrogen and oxygen atoms in total. The fraction of sp³-hybridized carbons (Fsp3) is 0. The molecular formula is C6H2Cl2FN3. The first kappa shape index (κ1) is 7.76. The van der Waals surface area contributed by atoms with E-state index in [-0.39, 0.29) is 16.0 Å². The molecule has 0 saturated carbocycles. The van der Waals surface area contributed by atoms with Crippen molar-refractivity contribution in [2.45, 2.75) is 0 Å². The Kier molecular flexibility index (Phi) is 1.66. The van der Waals surface area contributed by atoms with Crippen molar-refractivity contribution in [3.63, 3.8) is 0 Å². The summed E-state index contributed by atoms with van der Waals surface area (Å²) in [5.41, 5.74) is 0.263. The van der Waals surface area contributed by atoms with Crippen molar-refractivity contribution < 1.29 is 4.39 Å². The molecule has 2 rings (SSSR count). The van der Waals surface area contributed by atoms with Gasteiger partial charge in [-0.25, -0.2) is 9.97 Å². The van der Waals surface area contributed by atoms with Crippen LogP contribution in [0.5, 0.6) is 0 Å². The maximum Gasteiger partial charge on any atom is 0.218 e. The molecule has 0 radical (unpaired) electrons. The van der Waals surface area contributed by atoms with Crippen LogP contribution in [0.1, 0.15) is 0 Å². The maximum atomic E-state index is 12.9. The molecule has 0 aliphatic heterocycles. The maximum absolute atomic E-state index is 12.9. The Morgan fingerprint density at radius 1 is 1.42 bits per heavy atom. The van der Waals surface area contributed by atoms with E-state index in [4.69, 9.17) is 23.2 Å². The Labute approximate surface area is 76.8 Å². The molecule has 0 aliphatic rings. The van der Waals surface area contributed by atoms with Gasteiger partial charge >= 0.3 is 0 Å². The topological polar surface area (TPSA) is 30.2 Å². The molecule has 6 heteroatoms. The molecule has 62 valence electrons. The quantitative estimate of drug-likeness (QED) is 0.661. The lowest BCUT2D eigenvalue weighted by Crippen LogP contribution is -1.91. The molecule has 0 aliphatic carbocycles. The van der Waals surface area contributed by atoms with Crippen LogP contribution in [0.3, 0.4) is 0 Å². The number of rotatable bonds is 0. The molecular weight excluding hydrogens is 204 g/mol. The Hall–Kier alpha value is -0.870. The standard InChI is InChI=1S/C6H2Cl2FN3/c7-3-2-12-4(9)1-10-6(12)5(8)11-3/h1-2H. The fourth-order valence-electron chi connectivity index (χ4n) is 0.895. The summed E-state index contributed by atoms with van der Waals surface area (Å²) in [6, 6.07) is 0. The van der Waals surface area contributed by atoms with Crippen molar-refractivity contribution in [1.29, 1.82) is 0 Å². The molecule has 2 heterocycles. The van der Waals surface area contributed by atoms with Crippen molar-refractivity contribution >= 4 is 28.8 Å². The highest BCUT2D eigenvalue weighted by Gasteiger charge is 2.07. The SMILES string of the molecule is Fc1cnc2c(Cl)nc(Cl)cn12. The van der Waals surface area contributed by atoms with Crippen LogP contribution in [0.15, 0.2) is 12.4 Å². The molecule has 0 bridgehead atoms. The first-order valence-electron chi connectivity index (χ1n) is 3.03. The third-order valence-electron chi connectivity index (χ3n) is 1.38. The van der Waals surface area contributed by atoms with Crippen molar-refractivity contribution in [3.8, 4) is 0 Å². The van der Waals surface area contributed by atoms with Gasteiger partial charge in [-0.3, -0.25) is 4.40 Å². The number of imidazole rings is 1. The van der Waals surface area contributed by atoms with Gasteiger partial charge in [0.05, 0.1) is 12.4 Å². The number of hydrogen-bond donors (Lipinski definition) is 0. The monoisotopic (exact) mass is 205 g/mol. The first-order valence-corrected chi connectivity index (χ1v) is 3.78. The average Bonchev–Trinajstić information content (AvgIpc) is 2.33. The van der Waals surface area contributed by atoms with Gasteiger partial charge in [-0.05, 0) is 0 Å². The Morgan fingerprint density at radius 2 is 2.17 bits per heavy atom. The van der Waals surface area contributed by atoms with Gasteiger partial charge in [0, 0.05) is 0 Å². The lowest BCUT2D eigenvalue weighted by molar-refractivity contribution is 0.572. The van der Waals surface area contributed by atoms with Crippen LogP contribution in [0.25, 0.3) is 5.65 Å². The number of halogens is 3. The molecule has 0 unspecified atom stereocenters. The number of nitrogens with zero attached hydrogens (tertiary/aromatic N) is 3. The number of hydrogen-bond acceptors (Lipinski definition) is 2. The summed E-state index contributed by atoms with van der Waals surface area (Å²) < 4.78 is 14.0. The minimum atomic E-state index is -0.517. The van der Waals surface area contributed by atoms with E-state index in [0.29, 0.717) is 0 Å². The molecule has 0 fully saturated rings. The second kappa shape index (κ2) is 2.57. The summed E-state index contributed by atoms with van der Waals surface area (Å²) in [4.78, 5) is 7.39. The van der Waals surface area contributed by atoms with Gasteiger partial charge in [0.2, 0.25) is 5.95 Å². The van der Waals surface area contributed by atoms with Crippen LogP contribution in [0.2, 0.25) is 10.3 Å². The van der Waals surface area contributed by atoms with E-state index in [1.807, 2.05) is 0 Å². The van der Waals surface area contributed by atoms with Gasteiger partial charge in [0.1, 0.15) is 5.15 Å². The summed E-state index contributed by atoms with van der Waals surface area (Å²) in [6.45, 7) is 0. The normalized spacial score (nSPS) is 10.9. The van der Waals surface area contributed by atoms with Crippen LogP contribution in [0, 0.1) is 5.95 Å². The number of aromatic nitrogens is 3. The Morgan fingerprint density at radius 3 is 2.92 bits per heavy atom. The zero-order chi connectivity index (χ0) is 8.72. The summed E-state index contributed by atoms with van der Waals surface area (Å²) in [6.07, 6.45) is 2.37. The van der Waals surface area contributed by atoms with Gasteiger partial charge in [-0.1, -0.05) is 23.2 Å². The highest BCUT2D eigenvalue weighted by molar-refractivity contribution is 6.34. The molecule has 2 aromatic rings. The Bertz CT molecular complexity index is 440. The Balaban J connectivity index is 2.92. The summed E-state index contributed by atoms with van der Waals surface area (Å²) >= 11 is 11.2. The van der Waals surface area contributed by atoms with E-state index in [0.717, 1.165) is 10.6 Å². The molecule has 12 heavy (non-hydrogen) atoms. The molecule has 0 saturated heterocycles. The van der Waals surface area contributed by atoms with Crippen LogP contribution in [-0.4, -0.2) is 14.4 Å². The third kappa shape index (κ3) is 1.04. The van der Waals surface area contributed by atoms with Crippen LogP contribution in [0.4, 0.5) is 4.39 Å². The second-order valence-corrected chi connectivity index (χ2v) is 2.87. The lowest BCUT2D eigenvalue weighted by atomic mass is 10.7. The molecule has 2 aromatic heterocycles. The van der Waals surface area contributed by atoms with Crippen molar-refractivity contribution in [1.82, 2.24) is 14.4 Å². The van der Waals surface area contributed by atoms with E-state index in [1.165, 1.54) is 6.20 Å². The smallest absolute Gasteiger partial charge is 0.218 e. The molecule has 0 N–H and O–H groups in total. The summed E-state index contributed by atoms with van der Waals surface area (Å²) in [5, 5.41) is 0.218. The molecule has 0 atom stereocenters. The highest BCUT2D eigenvalue weighted by atomic mass is 35.5. The largest absolute Gasteiger partial charge is 0.271 e. The summed E-state index contributed by atoms with van der Waals surface area (Å²) in [5.74, 6) is -0.517. The van der Waals surface area contributed by atoms with Crippen molar-refractivity contribution in [3.05, 3.63) is 28.6 Å². The van der Waals surface area contributed by atoms with Gasteiger partial charge in [-0.15, -0.1) is 0 Å². The second-order valence-electron chi connectivity index (χ2n) is 2.13. The highest BCUT2D eigenvalue weighted by Crippen LogP contribution is 2.17. The van der Waals surface area contributed by atoms with Gasteiger partial charge < -0.3 is 0 Å². The van der Waals surface area contributed by atoms with E-state index in [9.17, 15) is 4.39 Å². The van der Waals surface area contributed by atoms with Gasteiger partial charge in [0.25, 0.3) is 0 Å². The fourth-order valence-corrected chi connectivity index (χ4v) is 1.35. The van der Waals surface area contributed by atoms with E-state index in [2.05, 4.69) is 9.97 Å². The van der Waals surface area contributed by atoms with Crippen molar-refractivity contribution in [2.24, 2.45) is 0 Å². The van der Waals surface area contributed by atoms with E-state index >= 15 is 0 Å². The van der Waals surface area contributed by atoms with E-state index < -0.39 is 5.95 Å². The predicted octanol–water partition coefficient (Wildman–Crippen LogP) is 2.18. The van der Waals surface area contributed by atoms with Crippen LogP contribution < -0.4 is 0 Å². The molecule has 0 amide bonds. The minimum Gasteiger partial charge on any atom is -0.271 e. The average molecular weight is 206 g/mol. The number of fused-ring (bicyclic) bond motifs is 1. The zero-order valence-corrected chi connectivity index (χ0v) is 7.14.